The Kier molecular flexibility index (Phi) is 6.51. The number of amides is 3. The number of rotatable bonds is 4. The van der Waals surface area contributed by atoms with E-state index in [1.807, 2.05) is 32.9 Å². The minimum atomic E-state index is -0.260. The lowest BCUT2D eigenvalue weighted by Gasteiger charge is -2.36. The maximum Gasteiger partial charge on any atom is 0.317 e. The van der Waals surface area contributed by atoms with Gasteiger partial charge in [-0.15, -0.1) is 0 Å². The second-order valence-electron chi connectivity index (χ2n) is 8.19. The van der Waals surface area contributed by atoms with Gasteiger partial charge in [-0.2, -0.15) is 0 Å². The van der Waals surface area contributed by atoms with E-state index in [1.165, 1.54) is 0 Å². The smallest absolute Gasteiger partial charge is 0.317 e. The predicted octanol–water partition coefficient (Wildman–Crippen LogP) is 2.99. The van der Waals surface area contributed by atoms with Crippen LogP contribution in [-0.2, 0) is 0 Å². The van der Waals surface area contributed by atoms with Crippen molar-refractivity contribution in [2.75, 3.05) is 32.8 Å². The highest BCUT2D eigenvalue weighted by molar-refractivity contribution is 5.94. The zero-order chi connectivity index (χ0) is 19.3. The SMILES string of the molecule is CC(C)COc1ccc(C(=O)N2CCN(C(=O)NC(C)(C)C)CC2)cc1. The lowest BCUT2D eigenvalue weighted by Crippen LogP contribution is -2.56. The fraction of sp³-hybridized carbons (Fsp3) is 0.600. The van der Waals surface area contributed by atoms with Crippen LogP contribution in [0.5, 0.6) is 5.75 Å². The summed E-state index contributed by atoms with van der Waals surface area (Å²) in [6, 6.07) is 7.20. The number of hydrogen-bond donors (Lipinski definition) is 1. The van der Waals surface area contributed by atoms with Crippen molar-refractivity contribution in [3.8, 4) is 5.75 Å². The Balaban J connectivity index is 1.87. The van der Waals surface area contributed by atoms with E-state index in [1.54, 1.807) is 21.9 Å². The van der Waals surface area contributed by atoms with Crippen molar-refractivity contribution < 1.29 is 14.3 Å². The van der Waals surface area contributed by atoms with Gasteiger partial charge in [0.25, 0.3) is 5.91 Å². The number of piperazine rings is 1. The van der Waals surface area contributed by atoms with Crippen LogP contribution < -0.4 is 10.1 Å². The minimum Gasteiger partial charge on any atom is -0.493 e. The normalized spacial score (nSPS) is 15.2. The van der Waals surface area contributed by atoms with Crippen molar-refractivity contribution in [1.82, 2.24) is 15.1 Å². The van der Waals surface area contributed by atoms with Gasteiger partial charge in [-0.3, -0.25) is 4.79 Å². The molecular weight excluding hydrogens is 330 g/mol. The van der Waals surface area contributed by atoms with Crippen LogP contribution in [0.25, 0.3) is 0 Å². The third-order valence-electron chi connectivity index (χ3n) is 4.02. The van der Waals surface area contributed by atoms with E-state index in [2.05, 4.69) is 19.2 Å². The molecule has 0 saturated carbocycles. The summed E-state index contributed by atoms with van der Waals surface area (Å²) in [5.41, 5.74) is 0.387. The molecule has 1 aliphatic heterocycles. The van der Waals surface area contributed by atoms with Crippen molar-refractivity contribution in [2.24, 2.45) is 5.92 Å². The van der Waals surface area contributed by atoms with E-state index < -0.39 is 0 Å². The average molecular weight is 361 g/mol. The topological polar surface area (TPSA) is 61.9 Å². The molecule has 1 fully saturated rings. The molecule has 6 heteroatoms. The largest absolute Gasteiger partial charge is 0.493 e. The van der Waals surface area contributed by atoms with Crippen molar-refractivity contribution in [2.45, 2.75) is 40.2 Å². The summed E-state index contributed by atoms with van der Waals surface area (Å²) in [7, 11) is 0. The third-order valence-corrected chi connectivity index (χ3v) is 4.02. The summed E-state index contributed by atoms with van der Waals surface area (Å²) in [6.07, 6.45) is 0. The molecule has 1 aromatic rings. The Bertz CT molecular complexity index is 612. The number of urea groups is 1. The van der Waals surface area contributed by atoms with E-state index in [-0.39, 0.29) is 17.5 Å². The first kappa shape index (κ1) is 20.1. The molecule has 26 heavy (non-hydrogen) atoms. The monoisotopic (exact) mass is 361 g/mol. The molecule has 1 N–H and O–H groups in total. The van der Waals surface area contributed by atoms with E-state index in [0.29, 0.717) is 44.3 Å². The first-order valence-electron chi connectivity index (χ1n) is 9.25. The van der Waals surface area contributed by atoms with Gasteiger partial charge in [-0.1, -0.05) is 13.8 Å². The van der Waals surface area contributed by atoms with Gasteiger partial charge in [0.2, 0.25) is 0 Å². The van der Waals surface area contributed by atoms with Gasteiger partial charge in [0.15, 0.2) is 0 Å². The van der Waals surface area contributed by atoms with Gasteiger partial charge >= 0.3 is 6.03 Å². The second kappa shape index (κ2) is 8.43. The van der Waals surface area contributed by atoms with E-state index >= 15 is 0 Å². The molecule has 1 aromatic carbocycles. The number of nitrogens with zero attached hydrogens (tertiary/aromatic N) is 2. The molecule has 0 aromatic heterocycles. The number of benzene rings is 1. The van der Waals surface area contributed by atoms with E-state index in [4.69, 9.17) is 4.74 Å². The fourth-order valence-corrected chi connectivity index (χ4v) is 2.65. The molecule has 1 saturated heterocycles. The Labute approximate surface area is 156 Å². The molecule has 0 atom stereocenters. The standard InChI is InChI=1S/C20H31N3O3/c1-15(2)14-26-17-8-6-16(7-9-17)18(24)22-10-12-23(13-11-22)19(25)21-20(3,4)5/h6-9,15H,10-14H2,1-5H3,(H,21,25). The maximum atomic E-state index is 12.6. The molecule has 0 bridgehead atoms. The number of carbonyl (C=O) groups is 2. The van der Waals surface area contributed by atoms with Crippen LogP contribution in [0.15, 0.2) is 24.3 Å². The summed E-state index contributed by atoms with van der Waals surface area (Å²) < 4.78 is 5.65. The third kappa shape index (κ3) is 5.93. The van der Waals surface area contributed by atoms with Crippen molar-refractivity contribution in [3.63, 3.8) is 0 Å². The molecule has 1 heterocycles. The van der Waals surface area contributed by atoms with Gasteiger partial charge in [-0.05, 0) is 51.0 Å². The maximum absolute atomic E-state index is 12.6. The summed E-state index contributed by atoms with van der Waals surface area (Å²) in [6.45, 7) is 12.9. The first-order valence-corrected chi connectivity index (χ1v) is 9.25. The summed E-state index contributed by atoms with van der Waals surface area (Å²) >= 11 is 0. The second-order valence-corrected chi connectivity index (χ2v) is 8.19. The van der Waals surface area contributed by atoms with Gasteiger partial charge in [-0.25, -0.2) is 4.79 Å². The van der Waals surface area contributed by atoms with Crippen LogP contribution >= 0.6 is 0 Å². The van der Waals surface area contributed by atoms with Crippen molar-refractivity contribution in [3.05, 3.63) is 29.8 Å². The quantitative estimate of drug-likeness (QED) is 0.897. The van der Waals surface area contributed by atoms with Gasteiger partial charge < -0.3 is 19.9 Å². The number of ether oxygens (including phenoxy) is 1. The van der Waals surface area contributed by atoms with Crippen LogP contribution in [0.3, 0.4) is 0 Å². The molecule has 3 amide bonds. The lowest BCUT2D eigenvalue weighted by molar-refractivity contribution is 0.0661. The summed E-state index contributed by atoms with van der Waals surface area (Å²) in [5, 5.41) is 2.96. The highest BCUT2D eigenvalue weighted by Crippen LogP contribution is 2.16. The Morgan fingerprint density at radius 1 is 1.04 bits per heavy atom. The Morgan fingerprint density at radius 2 is 1.58 bits per heavy atom. The zero-order valence-electron chi connectivity index (χ0n) is 16.5. The molecule has 0 radical (unpaired) electrons. The number of nitrogens with one attached hydrogen (secondary N) is 1. The summed E-state index contributed by atoms with van der Waals surface area (Å²) in [4.78, 5) is 28.4. The van der Waals surface area contributed by atoms with E-state index in [0.717, 1.165) is 5.75 Å². The lowest BCUT2D eigenvalue weighted by atomic mass is 10.1. The van der Waals surface area contributed by atoms with Gasteiger partial charge in [0.05, 0.1) is 6.61 Å². The molecule has 1 aliphatic rings. The van der Waals surface area contributed by atoms with E-state index in [9.17, 15) is 9.59 Å². The Morgan fingerprint density at radius 3 is 2.08 bits per heavy atom. The fourth-order valence-electron chi connectivity index (χ4n) is 2.65. The molecule has 6 nitrogen and oxygen atoms in total. The predicted molar refractivity (Wildman–Crippen MR) is 103 cm³/mol. The van der Waals surface area contributed by atoms with Gasteiger partial charge in [0.1, 0.15) is 5.75 Å². The van der Waals surface area contributed by atoms with Crippen LogP contribution in [0, 0.1) is 5.92 Å². The molecule has 0 aliphatic carbocycles. The van der Waals surface area contributed by atoms with Crippen molar-refractivity contribution in [1.29, 1.82) is 0 Å². The molecule has 2 rings (SSSR count). The highest BCUT2D eigenvalue weighted by atomic mass is 16.5. The molecule has 144 valence electrons. The van der Waals surface area contributed by atoms with Crippen LogP contribution in [-0.4, -0.2) is 60.1 Å². The number of hydrogen-bond acceptors (Lipinski definition) is 3. The highest BCUT2D eigenvalue weighted by Gasteiger charge is 2.26. The first-order chi connectivity index (χ1) is 12.2. The molecule has 0 spiro atoms. The van der Waals surface area contributed by atoms with Crippen LogP contribution in [0.2, 0.25) is 0 Å². The zero-order valence-corrected chi connectivity index (χ0v) is 16.5. The average Bonchev–Trinajstić information content (AvgIpc) is 2.58. The molecule has 0 unspecified atom stereocenters. The van der Waals surface area contributed by atoms with Crippen molar-refractivity contribution >= 4 is 11.9 Å². The summed E-state index contributed by atoms with van der Waals surface area (Å²) in [5.74, 6) is 1.23. The van der Waals surface area contributed by atoms with Crippen LogP contribution in [0.1, 0.15) is 45.0 Å². The number of carbonyl (C=O) groups excluding carboxylic acids is 2. The van der Waals surface area contributed by atoms with Crippen LogP contribution in [0.4, 0.5) is 4.79 Å². The van der Waals surface area contributed by atoms with Gasteiger partial charge in [0, 0.05) is 37.3 Å². The Hall–Kier alpha value is -2.24. The minimum absolute atomic E-state index is 0.00344. The molecular formula is C20H31N3O3.